The third-order valence-electron chi connectivity index (χ3n) is 3.56. The summed E-state index contributed by atoms with van der Waals surface area (Å²) in [5.74, 6) is 0. The Morgan fingerprint density at radius 2 is 2.21 bits per heavy atom. The SMILES string of the molecule is CC1(C)CCCN(c2ccc(C#N)c([N+](=O)[O-])c2)C1. The second-order valence-electron chi connectivity index (χ2n) is 5.76. The van der Waals surface area contributed by atoms with Crippen LogP contribution in [0.2, 0.25) is 0 Å². The summed E-state index contributed by atoms with van der Waals surface area (Å²) in [6.45, 7) is 6.21. The molecule has 5 heteroatoms. The molecule has 1 aromatic rings. The third-order valence-corrected chi connectivity index (χ3v) is 3.56. The van der Waals surface area contributed by atoms with Crippen molar-refractivity contribution in [1.82, 2.24) is 0 Å². The average molecular weight is 259 g/mol. The van der Waals surface area contributed by atoms with Crippen LogP contribution in [0.3, 0.4) is 0 Å². The maximum Gasteiger partial charge on any atom is 0.289 e. The number of hydrogen-bond acceptors (Lipinski definition) is 4. The number of rotatable bonds is 2. The first kappa shape index (κ1) is 13.3. The molecule has 0 bridgehead atoms. The maximum absolute atomic E-state index is 11.0. The highest BCUT2D eigenvalue weighted by atomic mass is 16.6. The number of nitro benzene ring substituents is 1. The topological polar surface area (TPSA) is 70.2 Å². The largest absolute Gasteiger partial charge is 0.371 e. The van der Waals surface area contributed by atoms with Crippen LogP contribution < -0.4 is 4.90 Å². The Labute approximate surface area is 112 Å². The van der Waals surface area contributed by atoms with Crippen LogP contribution in [0.5, 0.6) is 0 Å². The van der Waals surface area contributed by atoms with Gasteiger partial charge in [0.05, 0.1) is 4.92 Å². The first-order valence-electron chi connectivity index (χ1n) is 6.36. The number of anilines is 1. The number of nitriles is 1. The van der Waals surface area contributed by atoms with Crippen LogP contribution in [0.4, 0.5) is 11.4 Å². The molecule has 2 rings (SSSR count). The third kappa shape index (κ3) is 2.84. The molecule has 1 aromatic carbocycles. The number of hydrogen-bond donors (Lipinski definition) is 0. The second kappa shape index (κ2) is 4.88. The molecule has 0 spiro atoms. The molecule has 0 aliphatic carbocycles. The molecule has 1 aliphatic heterocycles. The smallest absolute Gasteiger partial charge is 0.289 e. The van der Waals surface area contributed by atoms with Crippen molar-refractivity contribution in [3.8, 4) is 6.07 Å². The Morgan fingerprint density at radius 1 is 1.47 bits per heavy atom. The van der Waals surface area contributed by atoms with Crippen molar-refractivity contribution in [1.29, 1.82) is 5.26 Å². The Kier molecular flexibility index (Phi) is 3.43. The van der Waals surface area contributed by atoms with E-state index < -0.39 is 4.92 Å². The van der Waals surface area contributed by atoms with Gasteiger partial charge in [-0.2, -0.15) is 5.26 Å². The van der Waals surface area contributed by atoms with E-state index in [1.165, 1.54) is 18.6 Å². The van der Waals surface area contributed by atoms with E-state index in [4.69, 9.17) is 5.26 Å². The molecule has 1 fully saturated rings. The summed E-state index contributed by atoms with van der Waals surface area (Å²) in [6.07, 6.45) is 2.25. The van der Waals surface area contributed by atoms with E-state index in [1.807, 2.05) is 6.07 Å². The van der Waals surface area contributed by atoms with Gasteiger partial charge in [0, 0.05) is 24.8 Å². The van der Waals surface area contributed by atoms with Gasteiger partial charge >= 0.3 is 0 Å². The van der Waals surface area contributed by atoms with Gasteiger partial charge in [0.1, 0.15) is 11.6 Å². The van der Waals surface area contributed by atoms with Crippen LogP contribution in [-0.4, -0.2) is 18.0 Å². The molecule has 19 heavy (non-hydrogen) atoms. The van der Waals surface area contributed by atoms with Gasteiger partial charge in [0.25, 0.3) is 5.69 Å². The van der Waals surface area contributed by atoms with Gasteiger partial charge in [-0.3, -0.25) is 10.1 Å². The molecule has 0 amide bonds. The van der Waals surface area contributed by atoms with Crippen LogP contribution in [0.25, 0.3) is 0 Å². The van der Waals surface area contributed by atoms with Crippen LogP contribution in [0, 0.1) is 26.9 Å². The Hall–Kier alpha value is -2.09. The zero-order chi connectivity index (χ0) is 14.0. The van der Waals surface area contributed by atoms with E-state index in [0.29, 0.717) is 0 Å². The Balaban J connectivity index is 2.33. The number of nitrogens with zero attached hydrogens (tertiary/aromatic N) is 3. The average Bonchev–Trinajstić information content (AvgIpc) is 2.36. The molecule has 0 atom stereocenters. The highest BCUT2D eigenvalue weighted by Crippen LogP contribution is 2.33. The van der Waals surface area contributed by atoms with Gasteiger partial charge < -0.3 is 4.90 Å². The molecule has 0 radical (unpaired) electrons. The molecule has 5 nitrogen and oxygen atoms in total. The summed E-state index contributed by atoms with van der Waals surface area (Å²) in [4.78, 5) is 12.7. The molecule has 0 N–H and O–H groups in total. The van der Waals surface area contributed by atoms with Crippen molar-refractivity contribution in [3.63, 3.8) is 0 Å². The quantitative estimate of drug-likeness (QED) is 0.604. The molecule has 1 heterocycles. The standard InChI is InChI=1S/C14H17N3O2/c1-14(2)6-3-7-16(10-14)12-5-4-11(9-15)13(8-12)17(18)19/h4-5,8H,3,6-7,10H2,1-2H3. The van der Waals surface area contributed by atoms with E-state index in [2.05, 4.69) is 18.7 Å². The lowest BCUT2D eigenvalue weighted by molar-refractivity contribution is -0.385. The van der Waals surface area contributed by atoms with E-state index in [1.54, 1.807) is 6.07 Å². The van der Waals surface area contributed by atoms with E-state index in [9.17, 15) is 10.1 Å². The Morgan fingerprint density at radius 3 is 2.79 bits per heavy atom. The lowest BCUT2D eigenvalue weighted by Gasteiger charge is -2.39. The van der Waals surface area contributed by atoms with E-state index >= 15 is 0 Å². The van der Waals surface area contributed by atoms with Gasteiger partial charge in [-0.05, 0) is 30.4 Å². The molecule has 100 valence electrons. The van der Waals surface area contributed by atoms with Crippen molar-refractivity contribution in [3.05, 3.63) is 33.9 Å². The van der Waals surface area contributed by atoms with Gasteiger partial charge in [0.2, 0.25) is 0 Å². The predicted molar refractivity (Wildman–Crippen MR) is 73.0 cm³/mol. The van der Waals surface area contributed by atoms with Crippen molar-refractivity contribution >= 4 is 11.4 Å². The summed E-state index contributed by atoms with van der Waals surface area (Å²) < 4.78 is 0. The lowest BCUT2D eigenvalue weighted by atomic mass is 9.84. The fraction of sp³-hybridized carbons (Fsp3) is 0.500. The fourth-order valence-corrected chi connectivity index (χ4v) is 2.61. The van der Waals surface area contributed by atoms with Gasteiger partial charge in [-0.1, -0.05) is 13.8 Å². The first-order chi connectivity index (χ1) is 8.93. The number of nitro groups is 1. The summed E-state index contributed by atoms with van der Waals surface area (Å²) >= 11 is 0. The highest BCUT2D eigenvalue weighted by molar-refractivity contribution is 5.60. The van der Waals surface area contributed by atoms with Gasteiger partial charge in [0.15, 0.2) is 0 Å². The highest BCUT2D eigenvalue weighted by Gasteiger charge is 2.27. The molecule has 0 unspecified atom stereocenters. The second-order valence-corrected chi connectivity index (χ2v) is 5.76. The minimum atomic E-state index is -0.489. The molecular formula is C14H17N3O2. The predicted octanol–water partition coefficient (Wildman–Crippen LogP) is 3.09. The molecular weight excluding hydrogens is 242 g/mol. The minimum absolute atomic E-state index is 0.108. The number of benzene rings is 1. The summed E-state index contributed by atoms with van der Waals surface area (Å²) in [6, 6.07) is 6.71. The molecule has 1 aliphatic rings. The summed E-state index contributed by atoms with van der Waals surface area (Å²) in [7, 11) is 0. The van der Waals surface area contributed by atoms with E-state index in [-0.39, 0.29) is 16.7 Å². The van der Waals surface area contributed by atoms with Crippen LogP contribution >= 0.6 is 0 Å². The fourth-order valence-electron chi connectivity index (χ4n) is 2.61. The zero-order valence-corrected chi connectivity index (χ0v) is 11.2. The van der Waals surface area contributed by atoms with Gasteiger partial charge in [-0.25, -0.2) is 0 Å². The molecule has 0 aromatic heterocycles. The van der Waals surface area contributed by atoms with Crippen molar-refractivity contribution in [2.45, 2.75) is 26.7 Å². The normalized spacial score (nSPS) is 17.8. The van der Waals surface area contributed by atoms with Crippen molar-refractivity contribution in [2.75, 3.05) is 18.0 Å². The van der Waals surface area contributed by atoms with E-state index in [0.717, 1.165) is 25.2 Å². The zero-order valence-electron chi connectivity index (χ0n) is 11.2. The van der Waals surface area contributed by atoms with Crippen LogP contribution in [0.1, 0.15) is 32.3 Å². The first-order valence-corrected chi connectivity index (χ1v) is 6.36. The number of piperidine rings is 1. The molecule has 0 saturated carbocycles. The minimum Gasteiger partial charge on any atom is -0.371 e. The lowest BCUT2D eigenvalue weighted by Crippen LogP contribution is -2.40. The van der Waals surface area contributed by atoms with Gasteiger partial charge in [-0.15, -0.1) is 0 Å². The summed E-state index contributed by atoms with van der Waals surface area (Å²) in [5, 5.41) is 19.9. The maximum atomic E-state index is 11.0. The van der Waals surface area contributed by atoms with Crippen LogP contribution in [-0.2, 0) is 0 Å². The summed E-state index contributed by atoms with van der Waals surface area (Å²) in [5.41, 5.74) is 1.06. The van der Waals surface area contributed by atoms with Crippen molar-refractivity contribution < 1.29 is 4.92 Å². The van der Waals surface area contributed by atoms with Crippen molar-refractivity contribution in [2.24, 2.45) is 5.41 Å². The Bertz CT molecular complexity index is 546. The molecule has 1 saturated heterocycles. The van der Waals surface area contributed by atoms with Crippen LogP contribution in [0.15, 0.2) is 18.2 Å². The monoisotopic (exact) mass is 259 g/mol.